The molecule has 40 heavy (non-hydrogen) atoms. The van der Waals surface area contributed by atoms with E-state index in [1.165, 1.54) is 57.8 Å². The molecule has 1 aliphatic heterocycles. The zero-order valence-electron chi connectivity index (χ0n) is 25.0. The summed E-state index contributed by atoms with van der Waals surface area (Å²) in [5.41, 5.74) is 0. The van der Waals surface area contributed by atoms with Gasteiger partial charge in [0.15, 0.2) is 6.29 Å². The Labute approximate surface area is 241 Å². The summed E-state index contributed by atoms with van der Waals surface area (Å²) in [6, 6.07) is -0.881. The highest BCUT2D eigenvalue weighted by atomic mass is 16.7. The molecule has 1 unspecified atom stereocenters. The zero-order valence-corrected chi connectivity index (χ0v) is 25.0. The van der Waals surface area contributed by atoms with Crippen LogP contribution in [0.25, 0.3) is 0 Å². The molecule has 0 aromatic carbocycles. The van der Waals surface area contributed by atoms with Gasteiger partial charge >= 0.3 is 0 Å². The van der Waals surface area contributed by atoms with E-state index in [2.05, 4.69) is 12.2 Å². The van der Waals surface area contributed by atoms with E-state index in [0.29, 0.717) is 19.3 Å². The molecule has 0 spiro atoms. The maximum Gasteiger partial charge on any atom is 0.249 e. The Morgan fingerprint density at radius 1 is 0.750 bits per heavy atom. The fourth-order valence-corrected chi connectivity index (χ4v) is 5.03. The maximum absolute atomic E-state index is 12.5. The van der Waals surface area contributed by atoms with Crippen LogP contribution in [0.2, 0.25) is 0 Å². The van der Waals surface area contributed by atoms with Crippen LogP contribution in [-0.4, -0.2) is 98.7 Å². The number of carbonyl (C=O) groups is 1. The van der Waals surface area contributed by atoms with Crippen LogP contribution in [-0.2, 0) is 14.3 Å². The van der Waals surface area contributed by atoms with E-state index in [9.17, 15) is 35.4 Å². The highest BCUT2D eigenvalue weighted by molar-refractivity contribution is 5.80. The molecule has 1 aliphatic rings. The topological polar surface area (TPSA) is 169 Å². The Balaban J connectivity index is 2.47. The third-order valence-corrected chi connectivity index (χ3v) is 7.82. The van der Waals surface area contributed by atoms with Gasteiger partial charge in [0.2, 0.25) is 5.91 Å². The normalized spacial score (nSPS) is 25.4. The number of nitrogens with one attached hydrogen (secondary N) is 1. The fraction of sp³-hybridized carbons (Fsp3) is 0.967. The number of carbonyl (C=O) groups excluding carboxylic acids is 1. The second-order valence-electron chi connectivity index (χ2n) is 11.4. The van der Waals surface area contributed by atoms with Gasteiger partial charge in [-0.1, -0.05) is 110 Å². The standard InChI is InChI=1S/C30H59NO9/c1-3-5-7-8-9-10-11-12-13-14-15-16-17-19-23(33)22(31-29(38)24(34)18-6-4-2)21-39-30-28(37)27(36)26(35)25(20-32)40-30/h22-28,30,32-37H,3-21H2,1-2H3,(H,31,38)/t22-,23+,24?,25+,26-,27-,28+,30+/m0/s1. The highest BCUT2D eigenvalue weighted by Gasteiger charge is 2.44. The van der Waals surface area contributed by atoms with Crippen molar-refractivity contribution in [3.8, 4) is 0 Å². The zero-order chi connectivity index (χ0) is 29.8. The van der Waals surface area contributed by atoms with Gasteiger partial charge in [0.25, 0.3) is 0 Å². The quantitative estimate of drug-likeness (QED) is 0.0853. The molecule has 7 N–H and O–H groups in total. The molecule has 238 valence electrons. The lowest BCUT2D eigenvalue weighted by Gasteiger charge is -2.40. The van der Waals surface area contributed by atoms with Crippen LogP contribution in [0.3, 0.4) is 0 Å². The molecule has 1 amide bonds. The van der Waals surface area contributed by atoms with Crippen molar-refractivity contribution in [2.75, 3.05) is 13.2 Å². The third-order valence-electron chi connectivity index (χ3n) is 7.82. The molecule has 0 aliphatic carbocycles. The smallest absolute Gasteiger partial charge is 0.249 e. The Morgan fingerprint density at radius 3 is 1.80 bits per heavy atom. The minimum absolute atomic E-state index is 0.255. The Bertz CT molecular complexity index is 624. The van der Waals surface area contributed by atoms with Crippen molar-refractivity contribution in [3.63, 3.8) is 0 Å². The minimum Gasteiger partial charge on any atom is -0.394 e. The first-order valence-electron chi connectivity index (χ1n) is 15.8. The molecular formula is C30H59NO9. The summed E-state index contributed by atoms with van der Waals surface area (Å²) in [5.74, 6) is -0.611. The molecule has 0 saturated carbocycles. The van der Waals surface area contributed by atoms with Crippen molar-refractivity contribution in [2.24, 2.45) is 0 Å². The van der Waals surface area contributed by atoms with Gasteiger partial charge < -0.3 is 45.4 Å². The molecule has 10 nitrogen and oxygen atoms in total. The monoisotopic (exact) mass is 577 g/mol. The van der Waals surface area contributed by atoms with Crippen LogP contribution in [0.5, 0.6) is 0 Å². The first-order chi connectivity index (χ1) is 19.3. The van der Waals surface area contributed by atoms with Gasteiger partial charge in [0.1, 0.15) is 30.5 Å². The summed E-state index contributed by atoms with van der Waals surface area (Å²) in [6.07, 6.45) is 8.64. The molecule has 0 bridgehead atoms. The second-order valence-corrected chi connectivity index (χ2v) is 11.4. The minimum atomic E-state index is -1.59. The average molecular weight is 578 g/mol. The summed E-state index contributed by atoms with van der Waals surface area (Å²) in [5, 5.41) is 63.3. The van der Waals surface area contributed by atoms with Crippen LogP contribution in [0.4, 0.5) is 0 Å². The van der Waals surface area contributed by atoms with Crippen LogP contribution in [0.1, 0.15) is 123 Å². The van der Waals surface area contributed by atoms with Crippen molar-refractivity contribution >= 4 is 5.91 Å². The molecule has 0 aromatic rings. The number of hydrogen-bond donors (Lipinski definition) is 7. The van der Waals surface area contributed by atoms with E-state index in [0.717, 1.165) is 32.1 Å². The molecule has 0 aromatic heterocycles. The van der Waals surface area contributed by atoms with Gasteiger partial charge in [-0.15, -0.1) is 0 Å². The Kier molecular flexibility index (Phi) is 21.1. The number of hydrogen-bond acceptors (Lipinski definition) is 9. The molecule has 1 rings (SSSR count). The average Bonchev–Trinajstić information content (AvgIpc) is 2.95. The Morgan fingerprint density at radius 2 is 1.27 bits per heavy atom. The first kappa shape index (κ1) is 37.2. The molecule has 1 fully saturated rings. The summed E-state index contributed by atoms with van der Waals surface area (Å²) < 4.78 is 11.0. The number of aliphatic hydroxyl groups is 6. The van der Waals surface area contributed by atoms with Crippen LogP contribution >= 0.6 is 0 Å². The first-order valence-corrected chi connectivity index (χ1v) is 15.8. The molecule has 0 radical (unpaired) electrons. The van der Waals surface area contributed by atoms with Crippen LogP contribution < -0.4 is 5.32 Å². The van der Waals surface area contributed by atoms with Crippen LogP contribution in [0, 0.1) is 0 Å². The van der Waals surface area contributed by atoms with Gasteiger partial charge in [-0.25, -0.2) is 0 Å². The van der Waals surface area contributed by atoms with E-state index in [1.54, 1.807) is 0 Å². The van der Waals surface area contributed by atoms with E-state index >= 15 is 0 Å². The van der Waals surface area contributed by atoms with Crippen molar-refractivity contribution in [1.29, 1.82) is 0 Å². The van der Waals surface area contributed by atoms with Gasteiger partial charge in [-0.2, -0.15) is 0 Å². The number of unbranched alkanes of at least 4 members (excludes halogenated alkanes) is 13. The van der Waals surface area contributed by atoms with Gasteiger partial charge in [-0.3, -0.25) is 4.79 Å². The van der Waals surface area contributed by atoms with E-state index in [1.807, 2.05) is 6.92 Å². The second kappa shape index (κ2) is 22.7. The lowest BCUT2D eigenvalue weighted by Crippen LogP contribution is -2.60. The van der Waals surface area contributed by atoms with Crippen molar-refractivity contribution in [1.82, 2.24) is 5.32 Å². The van der Waals surface area contributed by atoms with Crippen molar-refractivity contribution in [3.05, 3.63) is 0 Å². The third kappa shape index (κ3) is 14.9. The summed E-state index contributed by atoms with van der Waals surface area (Å²) in [6.45, 7) is 3.35. The predicted molar refractivity (Wildman–Crippen MR) is 154 cm³/mol. The van der Waals surface area contributed by atoms with E-state index in [4.69, 9.17) is 9.47 Å². The van der Waals surface area contributed by atoms with Gasteiger partial charge in [-0.05, 0) is 12.8 Å². The largest absolute Gasteiger partial charge is 0.394 e. The summed E-state index contributed by atoms with van der Waals surface area (Å²) in [7, 11) is 0. The highest BCUT2D eigenvalue weighted by Crippen LogP contribution is 2.23. The molecule has 1 heterocycles. The Hall–Kier alpha value is -0.850. The fourth-order valence-electron chi connectivity index (χ4n) is 5.03. The SMILES string of the molecule is CCCCCCCCCCCCCCC[C@@H](O)[C@H](CO[C@@H]1O[C@H](CO)[C@H](O)[C@H](O)[C@H]1O)NC(=O)C(O)CCCC. The molecular weight excluding hydrogens is 518 g/mol. The van der Waals surface area contributed by atoms with Crippen molar-refractivity contribution < 1.29 is 44.9 Å². The van der Waals surface area contributed by atoms with Crippen molar-refractivity contribution in [2.45, 2.75) is 172 Å². The summed E-state index contributed by atoms with van der Waals surface area (Å²) >= 11 is 0. The molecule has 1 saturated heterocycles. The van der Waals surface area contributed by atoms with Gasteiger partial charge in [0.05, 0.1) is 25.4 Å². The van der Waals surface area contributed by atoms with E-state index in [-0.39, 0.29) is 6.61 Å². The van der Waals surface area contributed by atoms with E-state index < -0.39 is 61.5 Å². The lowest BCUT2D eigenvalue weighted by molar-refractivity contribution is -0.302. The molecule has 8 atom stereocenters. The van der Waals surface area contributed by atoms with Gasteiger partial charge in [0, 0.05) is 0 Å². The summed E-state index contributed by atoms with van der Waals surface area (Å²) in [4.78, 5) is 12.5. The number of amides is 1. The van der Waals surface area contributed by atoms with Crippen LogP contribution in [0.15, 0.2) is 0 Å². The molecule has 10 heteroatoms. The number of ether oxygens (including phenoxy) is 2. The lowest BCUT2D eigenvalue weighted by atomic mass is 9.99. The maximum atomic E-state index is 12.5. The predicted octanol–water partition coefficient (Wildman–Crippen LogP) is 2.68. The number of aliphatic hydroxyl groups excluding tert-OH is 6. The number of rotatable bonds is 24.